The second-order valence-electron chi connectivity index (χ2n) is 6.86. The van der Waals surface area contributed by atoms with Crippen molar-refractivity contribution in [2.45, 2.75) is 46.0 Å². The quantitative estimate of drug-likeness (QED) is 0.434. The highest BCUT2D eigenvalue weighted by atomic mass is 16.1. The molecule has 1 aliphatic carbocycles. The number of carbonyl (C=O) groups is 2. The first-order valence-corrected chi connectivity index (χ1v) is 9.30. The lowest BCUT2D eigenvalue weighted by atomic mass is 9.81. The van der Waals surface area contributed by atoms with Crippen LogP contribution in [-0.4, -0.2) is 18.2 Å². The molecule has 0 unspecified atom stereocenters. The molecule has 0 spiro atoms. The number of carbonyl (C=O) groups excluding carboxylic acids is 2. The zero-order valence-corrected chi connectivity index (χ0v) is 15.4. The van der Waals surface area contributed by atoms with Gasteiger partial charge in [-0.15, -0.1) is 0 Å². The van der Waals surface area contributed by atoms with Gasteiger partial charge in [0.2, 0.25) is 0 Å². The fraction of sp³-hybridized carbons (Fsp3) is 0.455. The minimum atomic E-state index is -0.106. The second kappa shape index (κ2) is 9.36. The highest BCUT2D eigenvalue weighted by Crippen LogP contribution is 2.30. The van der Waals surface area contributed by atoms with Gasteiger partial charge >= 0.3 is 0 Å². The van der Waals surface area contributed by atoms with Gasteiger partial charge in [-0.05, 0) is 43.7 Å². The number of Topliss-reactive ketones (excluding diaryl/α,β-unsaturated/α-hetero) is 1. The van der Waals surface area contributed by atoms with E-state index in [4.69, 9.17) is 0 Å². The van der Waals surface area contributed by atoms with Crippen LogP contribution >= 0.6 is 0 Å². The molecule has 3 nitrogen and oxygen atoms in total. The third kappa shape index (κ3) is 5.15. The van der Waals surface area contributed by atoms with Gasteiger partial charge in [-0.3, -0.25) is 9.59 Å². The van der Waals surface area contributed by atoms with Crippen LogP contribution in [0.15, 0.2) is 48.6 Å². The summed E-state index contributed by atoms with van der Waals surface area (Å²) in [4.78, 5) is 24.8. The van der Waals surface area contributed by atoms with Crippen LogP contribution in [0, 0.1) is 11.8 Å². The van der Waals surface area contributed by atoms with Crippen LogP contribution in [0.5, 0.6) is 0 Å². The molecule has 3 heteroatoms. The van der Waals surface area contributed by atoms with Crippen molar-refractivity contribution in [3.63, 3.8) is 0 Å². The van der Waals surface area contributed by atoms with Crippen LogP contribution < -0.4 is 5.32 Å². The molecule has 1 N–H and O–H groups in total. The van der Waals surface area contributed by atoms with Gasteiger partial charge in [0, 0.05) is 23.2 Å². The van der Waals surface area contributed by atoms with Crippen molar-refractivity contribution in [2.24, 2.45) is 11.8 Å². The smallest absolute Gasteiger partial charge is 0.251 e. The zero-order valence-electron chi connectivity index (χ0n) is 15.4. The Labute approximate surface area is 151 Å². The van der Waals surface area contributed by atoms with E-state index >= 15 is 0 Å². The Morgan fingerprint density at radius 1 is 1.16 bits per heavy atom. The first kappa shape index (κ1) is 19.2. The van der Waals surface area contributed by atoms with Crippen molar-refractivity contribution in [3.8, 4) is 0 Å². The highest BCUT2D eigenvalue weighted by Gasteiger charge is 2.20. The van der Waals surface area contributed by atoms with E-state index in [1.165, 1.54) is 32.1 Å². The number of nitrogens with one attached hydrogen (secondary N) is 1. The van der Waals surface area contributed by atoms with E-state index in [1.807, 2.05) is 0 Å². The predicted octanol–water partition coefficient (Wildman–Crippen LogP) is 4.95. The lowest BCUT2D eigenvalue weighted by Gasteiger charge is -2.27. The molecule has 1 aromatic rings. The van der Waals surface area contributed by atoms with E-state index in [9.17, 15) is 9.59 Å². The Balaban J connectivity index is 1.95. The molecule has 1 amide bonds. The largest absolute Gasteiger partial charge is 0.352 e. The molecule has 0 atom stereocenters. The molecule has 1 fully saturated rings. The van der Waals surface area contributed by atoms with E-state index in [-0.39, 0.29) is 11.7 Å². The van der Waals surface area contributed by atoms with Gasteiger partial charge in [-0.2, -0.15) is 0 Å². The summed E-state index contributed by atoms with van der Waals surface area (Å²) in [5.41, 5.74) is 1.60. The molecular formula is C22H29NO2. The number of allylic oxidation sites excluding steroid dienone is 3. The van der Waals surface area contributed by atoms with E-state index in [1.54, 1.807) is 43.3 Å². The molecule has 1 aromatic carbocycles. The van der Waals surface area contributed by atoms with Crippen molar-refractivity contribution in [2.75, 3.05) is 6.54 Å². The fourth-order valence-corrected chi connectivity index (χ4v) is 3.49. The number of ketones is 1. The fourth-order valence-electron chi connectivity index (χ4n) is 3.49. The van der Waals surface area contributed by atoms with Gasteiger partial charge in [0.1, 0.15) is 0 Å². The number of amides is 1. The summed E-state index contributed by atoms with van der Waals surface area (Å²) >= 11 is 0. The monoisotopic (exact) mass is 339 g/mol. The van der Waals surface area contributed by atoms with Gasteiger partial charge in [-0.1, -0.05) is 57.0 Å². The Bertz CT molecular complexity index is 652. The summed E-state index contributed by atoms with van der Waals surface area (Å²) in [5.74, 6) is 1.23. The number of hydrogen-bond donors (Lipinski definition) is 1. The van der Waals surface area contributed by atoms with Gasteiger partial charge in [-0.25, -0.2) is 0 Å². The Morgan fingerprint density at radius 3 is 2.40 bits per heavy atom. The molecule has 0 aliphatic heterocycles. The molecule has 134 valence electrons. The Morgan fingerprint density at radius 2 is 1.80 bits per heavy atom. The van der Waals surface area contributed by atoms with Crippen LogP contribution in [-0.2, 0) is 0 Å². The summed E-state index contributed by atoms with van der Waals surface area (Å²) in [5, 5.41) is 3.04. The standard InChI is InChI=1S/C22H29NO2/c1-4-16-10-12-17(13-11-16)15-23-22(25)20-9-7-8-19(14-20)21(24)18(5-2)6-3/h5-9,14,16-17H,2,4,10-13,15H2,1,3H3,(H,23,25)/b18-6+. The normalized spacial score (nSPS) is 20.8. The van der Waals surface area contributed by atoms with Crippen molar-refractivity contribution in [1.82, 2.24) is 5.32 Å². The Kier molecular flexibility index (Phi) is 7.17. The maximum absolute atomic E-state index is 12.4. The number of rotatable bonds is 7. The van der Waals surface area contributed by atoms with Crippen molar-refractivity contribution >= 4 is 11.7 Å². The summed E-state index contributed by atoms with van der Waals surface area (Å²) in [7, 11) is 0. The van der Waals surface area contributed by atoms with Crippen LogP contribution in [0.3, 0.4) is 0 Å². The summed E-state index contributed by atoms with van der Waals surface area (Å²) in [6.45, 7) is 8.44. The number of benzene rings is 1. The zero-order chi connectivity index (χ0) is 18.2. The van der Waals surface area contributed by atoms with E-state index in [2.05, 4.69) is 18.8 Å². The third-order valence-corrected chi connectivity index (χ3v) is 5.28. The van der Waals surface area contributed by atoms with Gasteiger partial charge in [0.25, 0.3) is 5.91 Å². The average Bonchev–Trinajstić information content (AvgIpc) is 2.67. The molecule has 0 saturated heterocycles. The van der Waals surface area contributed by atoms with Crippen molar-refractivity contribution in [3.05, 3.63) is 59.7 Å². The maximum Gasteiger partial charge on any atom is 0.251 e. The van der Waals surface area contributed by atoms with Crippen LogP contribution in [0.25, 0.3) is 0 Å². The Hall–Kier alpha value is -2.16. The molecule has 0 heterocycles. The molecule has 25 heavy (non-hydrogen) atoms. The van der Waals surface area contributed by atoms with E-state index in [0.29, 0.717) is 22.6 Å². The summed E-state index contributed by atoms with van der Waals surface area (Å²) in [6.07, 6.45) is 9.47. The minimum Gasteiger partial charge on any atom is -0.352 e. The van der Waals surface area contributed by atoms with Crippen LogP contribution in [0.4, 0.5) is 0 Å². The maximum atomic E-state index is 12.4. The molecular weight excluding hydrogens is 310 g/mol. The first-order chi connectivity index (χ1) is 12.1. The van der Waals surface area contributed by atoms with E-state index in [0.717, 1.165) is 12.5 Å². The van der Waals surface area contributed by atoms with Crippen LogP contribution in [0.1, 0.15) is 66.7 Å². The number of hydrogen-bond acceptors (Lipinski definition) is 2. The summed E-state index contributed by atoms with van der Waals surface area (Å²) in [6, 6.07) is 6.91. The SMILES string of the molecule is C=C/C(=C\C)C(=O)c1cccc(C(=O)NCC2CCC(CC)CC2)c1. The molecule has 0 aromatic heterocycles. The molecule has 0 bridgehead atoms. The van der Waals surface area contributed by atoms with Crippen LogP contribution in [0.2, 0.25) is 0 Å². The third-order valence-electron chi connectivity index (χ3n) is 5.28. The van der Waals surface area contributed by atoms with Gasteiger partial charge in [0.15, 0.2) is 5.78 Å². The first-order valence-electron chi connectivity index (χ1n) is 9.30. The van der Waals surface area contributed by atoms with E-state index < -0.39 is 0 Å². The van der Waals surface area contributed by atoms with Crippen molar-refractivity contribution < 1.29 is 9.59 Å². The van der Waals surface area contributed by atoms with Gasteiger partial charge in [0.05, 0.1) is 0 Å². The predicted molar refractivity (Wildman–Crippen MR) is 103 cm³/mol. The van der Waals surface area contributed by atoms with Crippen molar-refractivity contribution in [1.29, 1.82) is 0 Å². The lowest BCUT2D eigenvalue weighted by molar-refractivity contribution is 0.0941. The molecule has 2 rings (SSSR count). The molecule has 0 radical (unpaired) electrons. The topological polar surface area (TPSA) is 46.2 Å². The average molecular weight is 339 g/mol. The summed E-state index contributed by atoms with van der Waals surface area (Å²) < 4.78 is 0. The highest BCUT2D eigenvalue weighted by molar-refractivity contribution is 6.11. The lowest BCUT2D eigenvalue weighted by Crippen LogP contribution is -2.31. The molecule has 1 saturated carbocycles. The minimum absolute atomic E-state index is 0.104. The molecule has 1 aliphatic rings. The van der Waals surface area contributed by atoms with Gasteiger partial charge < -0.3 is 5.32 Å². The second-order valence-corrected chi connectivity index (χ2v) is 6.86.